The van der Waals surface area contributed by atoms with Crippen molar-refractivity contribution in [1.82, 2.24) is 0 Å². The van der Waals surface area contributed by atoms with Gasteiger partial charge in [0.25, 0.3) is 0 Å². The van der Waals surface area contributed by atoms with Crippen molar-refractivity contribution in [2.24, 2.45) is 5.92 Å². The van der Waals surface area contributed by atoms with Crippen LogP contribution in [0.15, 0.2) is 22.7 Å². The van der Waals surface area contributed by atoms with E-state index in [1.165, 1.54) is 6.07 Å². The molecule has 0 heterocycles. The topological polar surface area (TPSA) is 20.2 Å². The molecule has 3 heteroatoms. The molecule has 1 nitrogen and oxygen atoms in total. The van der Waals surface area contributed by atoms with E-state index in [0.29, 0.717) is 24.3 Å². The van der Waals surface area contributed by atoms with Crippen molar-refractivity contribution in [2.75, 3.05) is 0 Å². The maximum absolute atomic E-state index is 13.7. The highest BCUT2D eigenvalue weighted by atomic mass is 79.9. The second kappa shape index (κ2) is 4.46. The summed E-state index contributed by atoms with van der Waals surface area (Å²) in [4.78, 5) is 0. The van der Waals surface area contributed by atoms with Crippen LogP contribution in [-0.2, 0) is 5.60 Å². The Morgan fingerprint density at radius 3 is 2.94 bits per heavy atom. The largest absolute Gasteiger partial charge is 0.385 e. The summed E-state index contributed by atoms with van der Waals surface area (Å²) in [6, 6.07) is 4.78. The summed E-state index contributed by atoms with van der Waals surface area (Å²) in [5.74, 6) is 0.214. The minimum Gasteiger partial charge on any atom is -0.385 e. The van der Waals surface area contributed by atoms with Crippen LogP contribution in [0.5, 0.6) is 0 Å². The van der Waals surface area contributed by atoms with Crippen LogP contribution in [0.4, 0.5) is 4.39 Å². The van der Waals surface area contributed by atoms with Crippen molar-refractivity contribution in [2.45, 2.75) is 38.2 Å². The molecule has 0 spiro atoms. The molecule has 0 aromatic heterocycles. The predicted octanol–water partition coefficient (Wildman–Crippen LogP) is 3.99. The Hall–Kier alpha value is -0.410. The fourth-order valence-corrected chi connectivity index (χ4v) is 2.93. The molecular weight excluding hydrogens is 271 g/mol. The zero-order valence-electron chi connectivity index (χ0n) is 9.34. The quantitative estimate of drug-likeness (QED) is 0.872. The molecule has 1 N–H and O–H groups in total. The van der Waals surface area contributed by atoms with E-state index in [0.717, 1.165) is 17.3 Å². The summed E-state index contributed by atoms with van der Waals surface area (Å²) < 4.78 is 14.5. The number of hydrogen-bond donors (Lipinski definition) is 1. The van der Waals surface area contributed by atoms with E-state index in [4.69, 9.17) is 0 Å². The molecule has 16 heavy (non-hydrogen) atoms. The van der Waals surface area contributed by atoms with Crippen LogP contribution >= 0.6 is 15.9 Å². The smallest absolute Gasteiger partial charge is 0.129 e. The first-order chi connectivity index (χ1) is 7.55. The highest BCUT2D eigenvalue weighted by Crippen LogP contribution is 2.44. The van der Waals surface area contributed by atoms with E-state index in [1.54, 1.807) is 12.1 Å². The van der Waals surface area contributed by atoms with Gasteiger partial charge in [-0.1, -0.05) is 29.3 Å². The summed E-state index contributed by atoms with van der Waals surface area (Å²) in [5, 5.41) is 10.5. The van der Waals surface area contributed by atoms with Gasteiger partial charge >= 0.3 is 0 Å². The number of halogens is 2. The molecule has 1 aromatic rings. The lowest BCUT2D eigenvalue weighted by atomic mass is 9.90. The second-order valence-corrected chi connectivity index (χ2v) is 5.59. The van der Waals surface area contributed by atoms with E-state index in [2.05, 4.69) is 22.9 Å². The molecule has 1 aliphatic rings. The fraction of sp³-hybridized carbons (Fsp3) is 0.538. The van der Waals surface area contributed by atoms with E-state index in [-0.39, 0.29) is 5.82 Å². The average molecular weight is 287 g/mol. The molecule has 1 aromatic carbocycles. The second-order valence-electron chi connectivity index (χ2n) is 4.67. The lowest BCUT2D eigenvalue weighted by Crippen LogP contribution is -2.23. The summed E-state index contributed by atoms with van der Waals surface area (Å²) in [5.41, 5.74) is -0.521. The van der Waals surface area contributed by atoms with Crippen LogP contribution in [0.25, 0.3) is 0 Å². The molecule has 1 saturated carbocycles. The van der Waals surface area contributed by atoms with Crippen LogP contribution in [0, 0.1) is 11.7 Å². The maximum atomic E-state index is 13.7. The van der Waals surface area contributed by atoms with Crippen LogP contribution in [0.3, 0.4) is 0 Å². The third-order valence-corrected chi connectivity index (χ3v) is 4.09. The first kappa shape index (κ1) is 12.1. The Kier molecular flexibility index (Phi) is 3.36. The summed E-state index contributed by atoms with van der Waals surface area (Å²) >= 11 is 3.32. The van der Waals surface area contributed by atoms with Gasteiger partial charge in [0.1, 0.15) is 5.82 Å². The highest BCUT2D eigenvalue weighted by Gasteiger charge is 2.39. The van der Waals surface area contributed by atoms with Gasteiger partial charge in [-0.05, 0) is 43.4 Å². The van der Waals surface area contributed by atoms with Crippen molar-refractivity contribution in [3.05, 3.63) is 34.1 Å². The van der Waals surface area contributed by atoms with Gasteiger partial charge in [-0.25, -0.2) is 4.39 Å². The Balaban J connectivity index is 2.33. The van der Waals surface area contributed by atoms with Gasteiger partial charge < -0.3 is 5.11 Å². The summed E-state index contributed by atoms with van der Waals surface area (Å²) in [6.45, 7) is 2.12. The van der Waals surface area contributed by atoms with Gasteiger partial charge in [-0.2, -0.15) is 0 Å². The van der Waals surface area contributed by atoms with Crippen molar-refractivity contribution in [3.8, 4) is 0 Å². The molecular formula is C13H16BrFO. The van der Waals surface area contributed by atoms with Gasteiger partial charge in [0.05, 0.1) is 5.60 Å². The number of benzene rings is 1. The molecule has 1 aliphatic carbocycles. The monoisotopic (exact) mass is 286 g/mol. The van der Waals surface area contributed by atoms with Crippen LogP contribution < -0.4 is 0 Å². The zero-order valence-corrected chi connectivity index (χ0v) is 10.9. The Morgan fingerprint density at radius 1 is 1.56 bits per heavy atom. The van der Waals surface area contributed by atoms with Gasteiger partial charge in [0, 0.05) is 10.0 Å². The predicted molar refractivity (Wildman–Crippen MR) is 65.6 cm³/mol. The maximum Gasteiger partial charge on any atom is 0.129 e. The Labute approximate surface area is 104 Å². The van der Waals surface area contributed by atoms with E-state index in [1.807, 2.05) is 0 Å². The van der Waals surface area contributed by atoms with Gasteiger partial charge in [0.2, 0.25) is 0 Å². The normalized spacial score (nSPS) is 29.6. The first-order valence-electron chi connectivity index (χ1n) is 5.73. The lowest BCUT2D eigenvalue weighted by molar-refractivity contribution is 0.0361. The fourth-order valence-electron chi connectivity index (χ4n) is 2.57. The van der Waals surface area contributed by atoms with E-state index < -0.39 is 5.60 Å². The van der Waals surface area contributed by atoms with Crippen molar-refractivity contribution in [3.63, 3.8) is 0 Å². The Bertz CT molecular complexity index is 394. The molecule has 2 rings (SSSR count). The summed E-state index contributed by atoms with van der Waals surface area (Å²) in [7, 11) is 0. The molecule has 0 amide bonds. The third-order valence-electron chi connectivity index (χ3n) is 3.60. The summed E-state index contributed by atoms with van der Waals surface area (Å²) in [6.07, 6.45) is 3.38. The van der Waals surface area contributed by atoms with Gasteiger partial charge in [-0.15, -0.1) is 0 Å². The molecule has 0 bridgehead atoms. The number of aliphatic hydroxyl groups is 1. The van der Waals surface area contributed by atoms with Crippen molar-refractivity contribution >= 4 is 15.9 Å². The molecule has 1 fully saturated rings. The Morgan fingerprint density at radius 2 is 2.31 bits per heavy atom. The molecule has 0 aliphatic heterocycles. The SMILES string of the molecule is CCC1CCC(O)(c2cc(Br)ccc2F)C1. The number of hydrogen-bond acceptors (Lipinski definition) is 1. The molecule has 88 valence electrons. The van der Waals surface area contributed by atoms with Gasteiger partial charge in [-0.3, -0.25) is 0 Å². The van der Waals surface area contributed by atoms with Crippen LogP contribution in [-0.4, -0.2) is 5.11 Å². The molecule has 2 unspecified atom stereocenters. The van der Waals surface area contributed by atoms with Crippen molar-refractivity contribution < 1.29 is 9.50 Å². The minimum absolute atomic E-state index is 0.303. The number of rotatable bonds is 2. The van der Waals surface area contributed by atoms with E-state index in [9.17, 15) is 9.50 Å². The van der Waals surface area contributed by atoms with Crippen LogP contribution in [0.1, 0.15) is 38.2 Å². The minimum atomic E-state index is -0.964. The standard InChI is InChI=1S/C13H16BrFO/c1-2-9-5-6-13(16,8-9)11-7-10(14)3-4-12(11)15/h3-4,7,9,16H,2,5-6,8H2,1H3. The van der Waals surface area contributed by atoms with E-state index >= 15 is 0 Å². The molecule has 2 atom stereocenters. The molecule has 0 radical (unpaired) electrons. The molecule has 0 saturated heterocycles. The zero-order chi connectivity index (χ0) is 11.8. The average Bonchev–Trinajstić information content (AvgIpc) is 2.65. The lowest BCUT2D eigenvalue weighted by Gasteiger charge is -2.24. The van der Waals surface area contributed by atoms with Gasteiger partial charge in [0.15, 0.2) is 0 Å². The van der Waals surface area contributed by atoms with Crippen LogP contribution in [0.2, 0.25) is 0 Å². The third kappa shape index (κ3) is 2.16. The van der Waals surface area contributed by atoms with Crippen molar-refractivity contribution in [1.29, 1.82) is 0 Å². The highest BCUT2D eigenvalue weighted by molar-refractivity contribution is 9.10. The first-order valence-corrected chi connectivity index (χ1v) is 6.52.